The lowest BCUT2D eigenvalue weighted by Gasteiger charge is -2.02. The number of nitrogens with two attached hydrogens (primary N) is 1. The van der Waals surface area contributed by atoms with Gasteiger partial charge < -0.3 is 15.9 Å². The molecule has 0 saturated carbocycles. The molecule has 0 unspecified atom stereocenters. The molecule has 0 bridgehead atoms. The zero-order valence-corrected chi connectivity index (χ0v) is 5.08. The van der Waals surface area contributed by atoms with Crippen LogP contribution in [0.4, 0.5) is 0 Å². The Morgan fingerprint density at radius 3 is 2.56 bits per heavy atom. The van der Waals surface area contributed by atoms with Crippen molar-refractivity contribution in [2.75, 3.05) is 6.54 Å². The van der Waals surface area contributed by atoms with Gasteiger partial charge in [0, 0.05) is 13.0 Å². The lowest BCUT2D eigenvalue weighted by Crippen LogP contribution is -2.20. The van der Waals surface area contributed by atoms with Crippen LogP contribution in [-0.2, 0) is 4.79 Å². The Labute approximate surface area is 53.3 Å². The molecule has 0 aromatic heterocycles. The molecule has 0 aliphatic heterocycles. The lowest BCUT2D eigenvalue weighted by molar-refractivity contribution is -0.137. The van der Waals surface area contributed by atoms with E-state index >= 15 is 0 Å². The quantitative estimate of drug-likeness (QED) is 0.467. The Balaban J connectivity index is 3.16. The van der Waals surface area contributed by atoms with Crippen LogP contribution in [0, 0.1) is 0 Å². The van der Waals surface area contributed by atoms with Gasteiger partial charge in [-0.25, -0.2) is 0 Å². The second kappa shape index (κ2) is 4.29. The fraction of sp³-hybridized carbons (Fsp3) is 0.800. The number of aliphatic carboxylic acids is 1. The van der Waals surface area contributed by atoms with Gasteiger partial charge in [0.2, 0.25) is 0 Å². The van der Waals surface area contributed by atoms with Crippen molar-refractivity contribution < 1.29 is 15.0 Å². The molecule has 4 heteroatoms. The monoisotopic (exact) mass is 133 g/mol. The number of carbonyl (C=O) groups is 1. The number of aliphatic hydroxyl groups is 1. The van der Waals surface area contributed by atoms with Gasteiger partial charge in [0.25, 0.3) is 0 Å². The van der Waals surface area contributed by atoms with Gasteiger partial charge in [-0.2, -0.15) is 0 Å². The minimum Gasteiger partial charge on any atom is -0.481 e. The predicted octanol–water partition coefficient (Wildman–Crippen LogP) is -0.829. The Bertz CT molecular complexity index is 94.2. The normalized spacial score (nSPS) is 13.1. The second-order valence-corrected chi connectivity index (χ2v) is 1.82. The van der Waals surface area contributed by atoms with Crippen LogP contribution in [0.5, 0.6) is 0 Å². The Kier molecular flexibility index (Phi) is 4.00. The van der Waals surface area contributed by atoms with E-state index in [0.717, 1.165) is 0 Å². The first kappa shape index (κ1) is 8.39. The molecule has 0 spiro atoms. The standard InChI is InChI=1S/C5H11NO3/c6-3-4(7)1-2-5(8)9/h4,7H,1-3,6H2,(H,8,9)/t4-/m1/s1. The molecule has 1 atom stereocenters. The zero-order valence-electron chi connectivity index (χ0n) is 5.08. The number of aliphatic hydroxyl groups excluding tert-OH is 1. The van der Waals surface area contributed by atoms with Crippen LogP contribution in [0.3, 0.4) is 0 Å². The molecule has 0 heterocycles. The van der Waals surface area contributed by atoms with E-state index in [-0.39, 0.29) is 19.4 Å². The number of hydrogen-bond donors (Lipinski definition) is 3. The summed E-state index contributed by atoms with van der Waals surface area (Å²) in [5.41, 5.74) is 5.02. The van der Waals surface area contributed by atoms with E-state index in [1.54, 1.807) is 0 Å². The van der Waals surface area contributed by atoms with E-state index in [2.05, 4.69) is 0 Å². The van der Waals surface area contributed by atoms with Crippen molar-refractivity contribution in [3.05, 3.63) is 0 Å². The highest BCUT2D eigenvalue weighted by Gasteiger charge is 2.03. The van der Waals surface area contributed by atoms with Gasteiger partial charge in [0.1, 0.15) is 0 Å². The fourth-order valence-corrected chi connectivity index (χ4v) is 0.408. The Morgan fingerprint density at radius 1 is 1.67 bits per heavy atom. The lowest BCUT2D eigenvalue weighted by atomic mass is 10.2. The van der Waals surface area contributed by atoms with Crippen LogP contribution in [0.15, 0.2) is 0 Å². The third-order valence-corrected chi connectivity index (χ3v) is 0.964. The molecule has 0 aliphatic rings. The summed E-state index contributed by atoms with van der Waals surface area (Å²) in [5, 5.41) is 16.8. The molecular formula is C5H11NO3. The van der Waals surface area contributed by atoms with Crippen molar-refractivity contribution in [2.24, 2.45) is 5.73 Å². The van der Waals surface area contributed by atoms with Crippen molar-refractivity contribution >= 4 is 5.97 Å². The average molecular weight is 133 g/mol. The molecule has 54 valence electrons. The van der Waals surface area contributed by atoms with Crippen LogP contribution < -0.4 is 5.73 Å². The van der Waals surface area contributed by atoms with Crippen LogP contribution in [-0.4, -0.2) is 28.8 Å². The fourth-order valence-electron chi connectivity index (χ4n) is 0.408. The predicted molar refractivity (Wildman–Crippen MR) is 31.9 cm³/mol. The van der Waals surface area contributed by atoms with E-state index in [1.807, 2.05) is 0 Å². The summed E-state index contributed by atoms with van der Waals surface area (Å²) >= 11 is 0. The first-order chi connectivity index (χ1) is 4.16. The minimum atomic E-state index is -0.900. The minimum absolute atomic E-state index is 0.0155. The third kappa shape index (κ3) is 5.26. The smallest absolute Gasteiger partial charge is 0.303 e. The highest BCUT2D eigenvalue weighted by Crippen LogP contribution is 1.93. The average Bonchev–Trinajstić information content (AvgIpc) is 1.83. The van der Waals surface area contributed by atoms with Crippen LogP contribution in [0.25, 0.3) is 0 Å². The summed E-state index contributed by atoms with van der Waals surface area (Å²) in [5.74, 6) is -0.900. The van der Waals surface area contributed by atoms with Gasteiger partial charge in [-0.3, -0.25) is 4.79 Å². The highest BCUT2D eigenvalue weighted by atomic mass is 16.4. The van der Waals surface area contributed by atoms with Gasteiger partial charge in [0.15, 0.2) is 0 Å². The highest BCUT2D eigenvalue weighted by molar-refractivity contribution is 5.66. The van der Waals surface area contributed by atoms with Crippen molar-refractivity contribution in [3.8, 4) is 0 Å². The van der Waals surface area contributed by atoms with Crippen molar-refractivity contribution in [1.29, 1.82) is 0 Å². The molecule has 0 radical (unpaired) electrons. The van der Waals surface area contributed by atoms with E-state index in [4.69, 9.17) is 15.9 Å². The van der Waals surface area contributed by atoms with Gasteiger partial charge in [-0.15, -0.1) is 0 Å². The molecule has 0 amide bonds. The third-order valence-electron chi connectivity index (χ3n) is 0.964. The van der Waals surface area contributed by atoms with Gasteiger partial charge >= 0.3 is 5.97 Å². The molecule has 0 aromatic carbocycles. The molecule has 4 nitrogen and oxygen atoms in total. The largest absolute Gasteiger partial charge is 0.481 e. The number of carboxylic acids is 1. The molecular weight excluding hydrogens is 122 g/mol. The molecule has 0 saturated heterocycles. The topological polar surface area (TPSA) is 83.5 Å². The number of rotatable bonds is 4. The Morgan fingerprint density at radius 2 is 2.22 bits per heavy atom. The van der Waals surface area contributed by atoms with Crippen molar-refractivity contribution in [3.63, 3.8) is 0 Å². The molecule has 0 fully saturated rings. The Hall–Kier alpha value is -0.610. The molecule has 0 aromatic rings. The van der Waals surface area contributed by atoms with Crippen molar-refractivity contribution in [1.82, 2.24) is 0 Å². The maximum absolute atomic E-state index is 9.87. The summed E-state index contributed by atoms with van der Waals surface area (Å²) in [6.45, 7) is 0.132. The molecule has 0 aliphatic carbocycles. The summed E-state index contributed by atoms with van der Waals surface area (Å²) < 4.78 is 0. The summed E-state index contributed by atoms with van der Waals surface area (Å²) in [4.78, 5) is 9.87. The van der Waals surface area contributed by atoms with Gasteiger partial charge in [0.05, 0.1) is 6.10 Å². The summed E-state index contributed by atoms with van der Waals surface area (Å²) in [7, 11) is 0. The first-order valence-electron chi connectivity index (χ1n) is 2.76. The van der Waals surface area contributed by atoms with E-state index in [1.165, 1.54) is 0 Å². The SMILES string of the molecule is NC[C@H](O)CCC(=O)O. The van der Waals surface area contributed by atoms with Crippen LogP contribution in [0.1, 0.15) is 12.8 Å². The van der Waals surface area contributed by atoms with Crippen LogP contribution >= 0.6 is 0 Å². The van der Waals surface area contributed by atoms with Crippen LogP contribution in [0.2, 0.25) is 0 Å². The number of carboxylic acid groups (broad SMARTS) is 1. The molecule has 9 heavy (non-hydrogen) atoms. The van der Waals surface area contributed by atoms with E-state index < -0.39 is 12.1 Å². The second-order valence-electron chi connectivity index (χ2n) is 1.82. The molecule has 4 N–H and O–H groups in total. The maximum atomic E-state index is 9.87. The first-order valence-corrected chi connectivity index (χ1v) is 2.76. The van der Waals surface area contributed by atoms with E-state index in [9.17, 15) is 4.79 Å². The number of hydrogen-bond acceptors (Lipinski definition) is 3. The maximum Gasteiger partial charge on any atom is 0.303 e. The summed E-state index contributed by atoms with van der Waals surface area (Å²) in [6, 6.07) is 0. The molecule has 0 rings (SSSR count). The summed E-state index contributed by atoms with van der Waals surface area (Å²) in [6.07, 6.45) is -0.439. The van der Waals surface area contributed by atoms with Gasteiger partial charge in [-0.05, 0) is 6.42 Å². The van der Waals surface area contributed by atoms with Crippen molar-refractivity contribution in [2.45, 2.75) is 18.9 Å². The zero-order chi connectivity index (χ0) is 7.28. The van der Waals surface area contributed by atoms with Gasteiger partial charge in [-0.1, -0.05) is 0 Å². The van der Waals surface area contributed by atoms with E-state index in [0.29, 0.717) is 0 Å².